The van der Waals surface area contributed by atoms with Crippen LogP contribution >= 0.6 is 23.2 Å². The molecule has 2 aliphatic heterocycles. The summed E-state index contributed by atoms with van der Waals surface area (Å²) >= 11 is 12.9. The first kappa shape index (κ1) is 23.5. The summed E-state index contributed by atoms with van der Waals surface area (Å²) in [6.07, 6.45) is 1.26. The molecule has 1 amide bonds. The van der Waals surface area contributed by atoms with E-state index in [2.05, 4.69) is 5.32 Å². The van der Waals surface area contributed by atoms with Gasteiger partial charge in [-0.05, 0) is 44.9 Å². The Labute approximate surface area is 212 Å². The van der Waals surface area contributed by atoms with Crippen LogP contribution in [0.4, 0.5) is 11.4 Å². The van der Waals surface area contributed by atoms with Crippen molar-refractivity contribution in [3.63, 3.8) is 0 Å². The van der Waals surface area contributed by atoms with Crippen molar-refractivity contribution in [3.05, 3.63) is 80.2 Å². The maximum absolute atomic E-state index is 13.9. The molecule has 1 atom stereocenters. The summed E-state index contributed by atoms with van der Waals surface area (Å²) < 4.78 is 5.41. The molecular weight excluding hydrogens is 489 g/mol. The van der Waals surface area contributed by atoms with Gasteiger partial charge in [0.15, 0.2) is 5.78 Å². The van der Waals surface area contributed by atoms with Gasteiger partial charge in [-0.1, -0.05) is 47.0 Å². The molecule has 2 heterocycles. The van der Waals surface area contributed by atoms with Crippen molar-refractivity contribution in [2.24, 2.45) is 5.73 Å². The number of nitrogens with two attached hydrogens (primary N) is 1. The second kappa shape index (κ2) is 8.43. The molecule has 1 spiro atoms. The number of nitrogens with zero attached hydrogens (tertiary/aromatic N) is 1. The van der Waals surface area contributed by atoms with Crippen LogP contribution < -0.4 is 16.0 Å². The minimum Gasteiger partial charge on any atom is -0.462 e. The highest BCUT2D eigenvalue weighted by Crippen LogP contribution is 2.56. The number of rotatable bonds is 3. The van der Waals surface area contributed by atoms with Gasteiger partial charge < -0.3 is 15.8 Å². The van der Waals surface area contributed by atoms with Gasteiger partial charge in [-0.25, -0.2) is 4.79 Å². The summed E-state index contributed by atoms with van der Waals surface area (Å²) in [7, 11) is 0. The molecule has 1 unspecified atom stereocenters. The van der Waals surface area contributed by atoms with Crippen molar-refractivity contribution in [2.75, 3.05) is 16.8 Å². The minimum absolute atomic E-state index is 0.0226. The lowest BCUT2D eigenvalue weighted by Gasteiger charge is -2.44. The van der Waals surface area contributed by atoms with Gasteiger partial charge in [0.05, 0.1) is 22.3 Å². The number of amides is 1. The Morgan fingerprint density at radius 2 is 1.97 bits per heavy atom. The molecule has 35 heavy (non-hydrogen) atoms. The molecule has 0 aromatic heterocycles. The number of carbonyl (C=O) groups excluding carboxylic acids is 3. The van der Waals surface area contributed by atoms with E-state index >= 15 is 0 Å². The zero-order chi connectivity index (χ0) is 25.1. The summed E-state index contributed by atoms with van der Waals surface area (Å²) in [6, 6.07) is 10.5. The highest BCUT2D eigenvalue weighted by Gasteiger charge is 2.62. The molecule has 3 N–H and O–H groups in total. The molecule has 0 saturated carbocycles. The number of anilines is 2. The number of aryl methyl sites for hydroxylation is 1. The number of ketones is 1. The van der Waals surface area contributed by atoms with Crippen molar-refractivity contribution in [1.29, 1.82) is 0 Å². The Morgan fingerprint density at radius 3 is 2.71 bits per heavy atom. The number of ether oxygens (including phenoxy) is 1. The molecule has 5 rings (SSSR count). The fourth-order valence-electron chi connectivity index (χ4n) is 5.36. The van der Waals surface area contributed by atoms with Gasteiger partial charge in [-0.2, -0.15) is 0 Å². The van der Waals surface area contributed by atoms with Crippen LogP contribution in [0.2, 0.25) is 10.0 Å². The molecule has 0 saturated heterocycles. The molecule has 0 fully saturated rings. The maximum atomic E-state index is 13.9. The molecule has 9 heteroatoms. The maximum Gasteiger partial charge on any atom is 0.339 e. The van der Waals surface area contributed by atoms with Crippen LogP contribution in [0.5, 0.6) is 0 Å². The number of fused-ring (bicyclic) bond motifs is 3. The lowest BCUT2D eigenvalue weighted by Crippen LogP contribution is -2.53. The average Bonchev–Trinajstić information content (AvgIpc) is 3.08. The first-order valence-electron chi connectivity index (χ1n) is 11.3. The number of nitrogens with one attached hydrogen (secondary N) is 1. The number of benzene rings is 2. The largest absolute Gasteiger partial charge is 0.462 e. The van der Waals surface area contributed by atoms with Crippen LogP contribution in [0.25, 0.3) is 0 Å². The molecule has 2 aromatic carbocycles. The van der Waals surface area contributed by atoms with E-state index in [0.717, 1.165) is 5.56 Å². The second-order valence-electron chi connectivity index (χ2n) is 8.74. The van der Waals surface area contributed by atoms with Gasteiger partial charge in [0.25, 0.3) is 0 Å². The normalized spacial score (nSPS) is 21.3. The van der Waals surface area contributed by atoms with E-state index in [9.17, 15) is 14.4 Å². The van der Waals surface area contributed by atoms with Gasteiger partial charge in [0, 0.05) is 28.9 Å². The van der Waals surface area contributed by atoms with E-state index in [0.29, 0.717) is 40.5 Å². The van der Waals surface area contributed by atoms with Gasteiger partial charge >= 0.3 is 5.97 Å². The van der Waals surface area contributed by atoms with Gasteiger partial charge in [0.1, 0.15) is 16.8 Å². The van der Waals surface area contributed by atoms with Crippen LogP contribution in [-0.2, 0) is 24.5 Å². The Kier molecular flexibility index (Phi) is 5.65. The van der Waals surface area contributed by atoms with Crippen LogP contribution in [-0.4, -0.2) is 24.3 Å². The Morgan fingerprint density at radius 1 is 1.20 bits per heavy atom. The van der Waals surface area contributed by atoms with E-state index in [4.69, 9.17) is 33.7 Å². The first-order valence-corrected chi connectivity index (χ1v) is 12.1. The number of allylic oxidation sites excluding steroid dienone is 1. The third kappa shape index (κ3) is 3.22. The number of carbonyl (C=O) groups is 3. The number of hydrogen-bond acceptors (Lipinski definition) is 6. The first-order chi connectivity index (χ1) is 16.7. The number of halogens is 2. The fourth-order valence-corrected chi connectivity index (χ4v) is 5.74. The van der Waals surface area contributed by atoms with Gasteiger partial charge in [-0.15, -0.1) is 0 Å². The molecule has 7 nitrogen and oxygen atoms in total. The molecule has 0 radical (unpaired) electrons. The summed E-state index contributed by atoms with van der Waals surface area (Å²) in [5, 5.41) is 3.38. The minimum atomic E-state index is -1.73. The zero-order valence-electron chi connectivity index (χ0n) is 19.2. The summed E-state index contributed by atoms with van der Waals surface area (Å²) in [4.78, 5) is 42.7. The summed E-state index contributed by atoms with van der Waals surface area (Å²) in [6.45, 7) is 3.61. The average molecular weight is 512 g/mol. The van der Waals surface area contributed by atoms with Crippen molar-refractivity contribution in [1.82, 2.24) is 0 Å². The third-order valence-corrected chi connectivity index (χ3v) is 7.53. The van der Waals surface area contributed by atoms with E-state index in [1.165, 1.54) is 0 Å². The van der Waals surface area contributed by atoms with Crippen molar-refractivity contribution < 1.29 is 19.1 Å². The lowest BCUT2D eigenvalue weighted by atomic mass is 9.63. The Bertz CT molecular complexity index is 1380. The molecular formula is C26H23Cl2N3O4. The van der Waals surface area contributed by atoms with Crippen molar-refractivity contribution >= 4 is 52.2 Å². The molecule has 2 aromatic rings. The second-order valence-corrected chi connectivity index (χ2v) is 9.53. The van der Waals surface area contributed by atoms with Gasteiger partial charge in [0.2, 0.25) is 5.91 Å². The Hall–Kier alpha value is -3.29. The predicted octanol–water partition coefficient (Wildman–Crippen LogP) is 4.75. The lowest BCUT2D eigenvalue weighted by molar-refractivity contribution is -0.140. The van der Waals surface area contributed by atoms with Crippen LogP contribution in [0, 0.1) is 6.92 Å². The van der Waals surface area contributed by atoms with E-state index in [-0.39, 0.29) is 40.8 Å². The number of hydrogen-bond donors (Lipinski definition) is 2. The summed E-state index contributed by atoms with van der Waals surface area (Å²) in [5.74, 6) is -1.54. The third-order valence-electron chi connectivity index (χ3n) is 6.72. The monoisotopic (exact) mass is 511 g/mol. The zero-order valence-corrected chi connectivity index (χ0v) is 20.7. The SMILES string of the molecule is CCOC(=O)C1=C(N)N(c2cccc(Cl)c2Cl)C2=C(C(=O)CCC2)C12C(=O)Nc1ccc(C)cc12. The van der Waals surface area contributed by atoms with Crippen LogP contribution in [0.1, 0.15) is 37.3 Å². The number of esters is 1. The van der Waals surface area contributed by atoms with Crippen LogP contribution in [0.15, 0.2) is 59.1 Å². The molecule has 0 bridgehead atoms. The smallest absolute Gasteiger partial charge is 0.339 e. The Balaban J connectivity index is 1.93. The fraction of sp³-hybridized carbons (Fsp3) is 0.269. The van der Waals surface area contributed by atoms with Crippen molar-refractivity contribution in [2.45, 2.75) is 38.5 Å². The van der Waals surface area contributed by atoms with E-state index in [1.54, 1.807) is 36.1 Å². The molecule has 3 aliphatic rings. The highest BCUT2D eigenvalue weighted by atomic mass is 35.5. The predicted molar refractivity (Wildman–Crippen MR) is 134 cm³/mol. The topological polar surface area (TPSA) is 102 Å². The quantitative estimate of drug-likeness (QED) is 0.576. The van der Waals surface area contributed by atoms with Crippen molar-refractivity contribution in [3.8, 4) is 0 Å². The van der Waals surface area contributed by atoms with Crippen LogP contribution in [0.3, 0.4) is 0 Å². The standard InChI is InChI=1S/C26H23Cl2N3O4/c1-3-35-24(33)21-23(29)31(18-8-4-6-15(27)22(18)28)17-7-5-9-19(32)20(17)26(21)14-12-13(2)10-11-16(14)30-25(26)34/h4,6,8,10-12H,3,5,7,9,29H2,1-2H3,(H,30,34). The van der Waals surface area contributed by atoms with E-state index < -0.39 is 17.3 Å². The number of Topliss-reactive ketones (excluding diaryl/α,β-unsaturated/α-hetero) is 1. The molecule has 1 aliphatic carbocycles. The van der Waals surface area contributed by atoms with Gasteiger partial charge in [-0.3, -0.25) is 14.5 Å². The summed E-state index contributed by atoms with van der Waals surface area (Å²) in [5.41, 5.74) is 7.97. The highest BCUT2D eigenvalue weighted by molar-refractivity contribution is 6.43. The molecule has 180 valence electrons. The van der Waals surface area contributed by atoms with E-state index in [1.807, 2.05) is 19.1 Å².